The molecule has 5 nitrogen and oxygen atoms in total. The lowest BCUT2D eigenvalue weighted by Gasteiger charge is -2.38. The van der Waals surface area contributed by atoms with E-state index in [9.17, 15) is 49.8 Å². The van der Waals surface area contributed by atoms with Crippen LogP contribution in [0.5, 0.6) is 5.75 Å². The second-order valence-electron chi connectivity index (χ2n) is 7.07. The van der Waals surface area contributed by atoms with Crippen LogP contribution in [0.2, 0.25) is 0 Å². The summed E-state index contributed by atoms with van der Waals surface area (Å²) in [7, 11) is 0. The molecule has 0 aliphatic carbocycles. The van der Waals surface area contributed by atoms with Crippen molar-refractivity contribution in [1.29, 1.82) is 0 Å². The standard InChI is InChI=1S/C19H11F8NO4/c1-5(2)16(17(29)30)28-8-3-6(7(20)4-9(8)32-19(26,27)18(28)31)10-11(21)13(23)15(25)14(24)12(10)22/h3-5,16H,1-2H3,(H,29,30)/t16-/m1/s1. The highest BCUT2D eigenvalue weighted by molar-refractivity contribution is 6.05. The molecule has 1 aliphatic rings. The van der Waals surface area contributed by atoms with E-state index in [-0.39, 0.29) is 11.0 Å². The monoisotopic (exact) mass is 469 g/mol. The first-order valence-electron chi connectivity index (χ1n) is 8.69. The largest absolute Gasteiger partial charge is 0.483 e. The molecule has 1 amide bonds. The lowest BCUT2D eigenvalue weighted by Crippen LogP contribution is -2.58. The molecular formula is C19H11F8NO4. The number of carboxylic acids is 1. The third-order valence-electron chi connectivity index (χ3n) is 4.66. The number of hydrogen-bond acceptors (Lipinski definition) is 3. The smallest absolute Gasteiger partial charge is 0.480 e. The molecule has 2 aromatic rings. The molecule has 0 bridgehead atoms. The van der Waals surface area contributed by atoms with E-state index in [1.165, 1.54) is 13.8 Å². The molecule has 0 aromatic heterocycles. The van der Waals surface area contributed by atoms with Crippen molar-refractivity contribution in [1.82, 2.24) is 0 Å². The molecule has 0 radical (unpaired) electrons. The summed E-state index contributed by atoms with van der Waals surface area (Å²) in [6.07, 6.45) is -4.63. The number of rotatable bonds is 4. The minimum Gasteiger partial charge on any atom is -0.480 e. The van der Waals surface area contributed by atoms with Crippen LogP contribution in [0.15, 0.2) is 12.1 Å². The van der Waals surface area contributed by atoms with Crippen molar-refractivity contribution in [2.45, 2.75) is 26.0 Å². The van der Waals surface area contributed by atoms with Gasteiger partial charge in [0.25, 0.3) is 0 Å². The number of carbonyl (C=O) groups excluding carboxylic acids is 1. The number of amides is 1. The summed E-state index contributed by atoms with van der Waals surface area (Å²) in [6, 6.07) is -1.56. The van der Waals surface area contributed by atoms with Gasteiger partial charge in [-0.15, -0.1) is 0 Å². The van der Waals surface area contributed by atoms with Crippen LogP contribution in [0, 0.1) is 40.8 Å². The van der Waals surface area contributed by atoms with E-state index in [1.807, 2.05) is 0 Å². The van der Waals surface area contributed by atoms with Crippen LogP contribution in [-0.4, -0.2) is 29.1 Å². The Morgan fingerprint density at radius 2 is 1.47 bits per heavy atom. The number of nitrogens with zero attached hydrogens (tertiary/aromatic N) is 1. The lowest BCUT2D eigenvalue weighted by molar-refractivity contribution is -0.194. The fourth-order valence-electron chi connectivity index (χ4n) is 3.25. The lowest BCUT2D eigenvalue weighted by atomic mass is 9.97. The maximum atomic E-state index is 14.6. The van der Waals surface area contributed by atoms with E-state index in [2.05, 4.69) is 4.74 Å². The van der Waals surface area contributed by atoms with Gasteiger partial charge in [0.15, 0.2) is 29.0 Å². The third-order valence-corrected chi connectivity index (χ3v) is 4.66. The van der Waals surface area contributed by atoms with Crippen molar-refractivity contribution in [2.75, 3.05) is 4.90 Å². The van der Waals surface area contributed by atoms with Gasteiger partial charge in [0.2, 0.25) is 5.82 Å². The highest BCUT2D eigenvalue weighted by Gasteiger charge is 2.54. The maximum absolute atomic E-state index is 14.6. The molecule has 0 unspecified atom stereocenters. The number of aliphatic carboxylic acids is 1. The Morgan fingerprint density at radius 1 is 0.969 bits per heavy atom. The summed E-state index contributed by atoms with van der Waals surface area (Å²) in [5, 5.41) is 9.43. The maximum Gasteiger partial charge on any atom is 0.483 e. The predicted molar refractivity (Wildman–Crippen MR) is 90.9 cm³/mol. The minimum atomic E-state index is -4.63. The van der Waals surface area contributed by atoms with Crippen molar-refractivity contribution in [3.05, 3.63) is 47.0 Å². The van der Waals surface area contributed by atoms with Gasteiger partial charge in [-0.1, -0.05) is 13.8 Å². The van der Waals surface area contributed by atoms with Gasteiger partial charge >= 0.3 is 18.0 Å². The topological polar surface area (TPSA) is 66.8 Å². The van der Waals surface area contributed by atoms with E-state index in [0.29, 0.717) is 6.07 Å². The highest BCUT2D eigenvalue weighted by atomic mass is 19.3. The van der Waals surface area contributed by atoms with Crippen molar-refractivity contribution in [3.8, 4) is 16.9 Å². The van der Waals surface area contributed by atoms with Crippen molar-refractivity contribution >= 4 is 17.6 Å². The molecule has 0 saturated carbocycles. The molecule has 1 heterocycles. The third kappa shape index (κ3) is 3.41. The predicted octanol–water partition coefficient (Wildman–Crippen LogP) is 4.62. The molecule has 3 rings (SSSR count). The van der Waals surface area contributed by atoms with Crippen molar-refractivity contribution < 1.29 is 54.6 Å². The van der Waals surface area contributed by atoms with Crippen LogP contribution in [0.3, 0.4) is 0 Å². The zero-order valence-electron chi connectivity index (χ0n) is 16.0. The number of hydrogen-bond donors (Lipinski definition) is 1. The van der Waals surface area contributed by atoms with Gasteiger partial charge in [-0.05, 0) is 12.0 Å². The summed E-state index contributed by atoms with van der Waals surface area (Å²) in [6.45, 7) is 2.49. The molecule has 32 heavy (non-hydrogen) atoms. The quantitative estimate of drug-likeness (QED) is 0.404. The average molecular weight is 469 g/mol. The number of ether oxygens (including phenoxy) is 1. The zero-order valence-corrected chi connectivity index (χ0v) is 16.0. The van der Waals surface area contributed by atoms with Crippen LogP contribution >= 0.6 is 0 Å². The first kappa shape index (κ1) is 23.3. The van der Waals surface area contributed by atoms with E-state index in [0.717, 1.165) is 0 Å². The Hall–Kier alpha value is -3.38. The second kappa shape index (κ2) is 7.64. The minimum absolute atomic E-state index is 0.0147. The molecule has 172 valence electrons. The summed E-state index contributed by atoms with van der Waals surface area (Å²) in [5.41, 5.74) is -3.93. The van der Waals surface area contributed by atoms with Gasteiger partial charge in [0, 0.05) is 11.6 Å². The van der Waals surface area contributed by atoms with E-state index in [1.54, 1.807) is 0 Å². The normalized spacial score (nSPS) is 16.1. The molecular weight excluding hydrogens is 458 g/mol. The molecule has 2 aromatic carbocycles. The number of benzene rings is 2. The first-order chi connectivity index (χ1) is 14.7. The summed E-state index contributed by atoms with van der Waals surface area (Å²) in [5.74, 6) is -20.0. The van der Waals surface area contributed by atoms with Crippen LogP contribution in [0.4, 0.5) is 40.8 Å². The Bertz CT molecular complexity index is 1120. The Balaban J connectivity index is 2.37. The van der Waals surface area contributed by atoms with Gasteiger partial charge in [-0.2, -0.15) is 8.78 Å². The Kier molecular flexibility index (Phi) is 5.56. The number of halogens is 8. The summed E-state index contributed by atoms with van der Waals surface area (Å²) < 4.78 is 116. The number of carboxylic acid groups (broad SMARTS) is 1. The average Bonchev–Trinajstić information content (AvgIpc) is 2.68. The molecule has 0 fully saturated rings. The molecule has 1 aliphatic heterocycles. The van der Waals surface area contributed by atoms with Gasteiger partial charge in [-0.3, -0.25) is 9.69 Å². The number of carbonyl (C=O) groups is 2. The molecule has 1 N–H and O–H groups in total. The van der Waals surface area contributed by atoms with E-state index >= 15 is 0 Å². The number of fused-ring (bicyclic) bond motifs is 1. The fourth-order valence-corrected chi connectivity index (χ4v) is 3.25. The molecule has 0 saturated heterocycles. The fraction of sp³-hybridized carbons (Fsp3) is 0.263. The van der Waals surface area contributed by atoms with Crippen LogP contribution in [-0.2, 0) is 9.59 Å². The molecule has 13 heteroatoms. The highest BCUT2D eigenvalue weighted by Crippen LogP contribution is 2.45. The molecule has 0 spiro atoms. The number of anilines is 1. The number of alkyl halides is 2. The zero-order chi connectivity index (χ0) is 24.3. The van der Waals surface area contributed by atoms with E-state index in [4.69, 9.17) is 0 Å². The van der Waals surface area contributed by atoms with Crippen LogP contribution in [0.25, 0.3) is 11.1 Å². The van der Waals surface area contributed by atoms with Crippen LogP contribution in [0.1, 0.15) is 13.8 Å². The second-order valence-corrected chi connectivity index (χ2v) is 7.07. The van der Waals surface area contributed by atoms with E-state index < -0.39 is 87.4 Å². The van der Waals surface area contributed by atoms with Gasteiger partial charge in [-0.25, -0.2) is 31.1 Å². The Morgan fingerprint density at radius 3 is 1.94 bits per heavy atom. The van der Waals surface area contributed by atoms with Crippen LogP contribution < -0.4 is 9.64 Å². The summed E-state index contributed by atoms with van der Waals surface area (Å²) in [4.78, 5) is 23.9. The van der Waals surface area contributed by atoms with Crippen molar-refractivity contribution in [3.63, 3.8) is 0 Å². The van der Waals surface area contributed by atoms with Crippen molar-refractivity contribution in [2.24, 2.45) is 5.92 Å². The van der Waals surface area contributed by atoms with Gasteiger partial charge < -0.3 is 9.84 Å². The van der Waals surface area contributed by atoms with Gasteiger partial charge in [0.05, 0.1) is 11.3 Å². The Labute approximate surface area is 173 Å². The SMILES string of the molecule is CC(C)[C@H](C(=O)O)N1C(=O)C(F)(F)Oc2cc(F)c(-c3c(F)c(F)c(F)c(F)c3F)cc21. The summed E-state index contributed by atoms with van der Waals surface area (Å²) >= 11 is 0. The van der Waals surface area contributed by atoms with Gasteiger partial charge in [0.1, 0.15) is 11.9 Å². The first-order valence-corrected chi connectivity index (χ1v) is 8.69. The molecule has 1 atom stereocenters.